The highest BCUT2D eigenvalue weighted by molar-refractivity contribution is 7.89. The van der Waals surface area contributed by atoms with E-state index in [-0.39, 0.29) is 21.5 Å². The summed E-state index contributed by atoms with van der Waals surface area (Å²) in [6.45, 7) is 5.00. The molecule has 29 heavy (non-hydrogen) atoms. The lowest BCUT2D eigenvalue weighted by Crippen LogP contribution is -2.32. The van der Waals surface area contributed by atoms with Crippen molar-refractivity contribution in [2.24, 2.45) is 0 Å². The van der Waals surface area contributed by atoms with E-state index in [1.165, 1.54) is 22.5 Å². The molecule has 1 aliphatic heterocycles. The van der Waals surface area contributed by atoms with Crippen LogP contribution in [0, 0.1) is 0 Å². The Hall–Kier alpha value is -1.90. The van der Waals surface area contributed by atoms with Gasteiger partial charge >= 0.3 is 0 Å². The van der Waals surface area contributed by atoms with Crippen molar-refractivity contribution in [3.63, 3.8) is 0 Å². The monoisotopic (exact) mass is 438 g/mol. The Morgan fingerprint density at radius 2 is 1.90 bits per heavy atom. The van der Waals surface area contributed by atoms with Crippen LogP contribution < -0.4 is 5.32 Å². The van der Waals surface area contributed by atoms with Gasteiger partial charge in [-0.05, 0) is 44.4 Å². The van der Waals surface area contributed by atoms with Gasteiger partial charge in [0.15, 0.2) is 0 Å². The molecule has 1 atom stereocenters. The molecule has 0 aliphatic carbocycles. The first-order valence-electron chi connectivity index (χ1n) is 9.99. The number of benzene rings is 1. The number of hydrogen-bond acceptors (Lipinski definition) is 4. The Morgan fingerprint density at radius 3 is 2.55 bits per heavy atom. The summed E-state index contributed by atoms with van der Waals surface area (Å²) in [5, 5.41) is 7.19. The Balaban J connectivity index is 1.87. The summed E-state index contributed by atoms with van der Waals surface area (Å²) in [5.41, 5.74) is 0.236. The fourth-order valence-electron chi connectivity index (χ4n) is 3.39. The highest BCUT2D eigenvalue weighted by Gasteiger charge is 2.28. The van der Waals surface area contributed by atoms with Gasteiger partial charge in [-0.3, -0.25) is 4.79 Å². The smallest absolute Gasteiger partial charge is 0.256 e. The third-order valence-electron chi connectivity index (χ3n) is 5.30. The van der Waals surface area contributed by atoms with Crippen molar-refractivity contribution >= 4 is 33.3 Å². The number of aromatic nitrogens is 2. The van der Waals surface area contributed by atoms with E-state index in [4.69, 9.17) is 11.6 Å². The third-order valence-corrected chi connectivity index (χ3v) is 7.68. The zero-order valence-corrected chi connectivity index (χ0v) is 18.3. The lowest BCUT2D eigenvalue weighted by molar-refractivity contribution is 0.102. The van der Waals surface area contributed by atoms with Crippen LogP contribution in [0.25, 0.3) is 0 Å². The molecule has 2 aromatic rings. The minimum Gasteiger partial charge on any atom is -0.307 e. The van der Waals surface area contributed by atoms with Gasteiger partial charge < -0.3 is 5.32 Å². The van der Waals surface area contributed by atoms with Crippen LogP contribution in [0.3, 0.4) is 0 Å². The number of carbonyl (C=O) groups is 1. The van der Waals surface area contributed by atoms with E-state index in [1.807, 2.05) is 13.8 Å². The van der Waals surface area contributed by atoms with Gasteiger partial charge in [-0.25, -0.2) is 13.1 Å². The first-order valence-corrected chi connectivity index (χ1v) is 11.8. The molecule has 7 nitrogen and oxygen atoms in total. The van der Waals surface area contributed by atoms with E-state index in [0.717, 1.165) is 32.1 Å². The van der Waals surface area contributed by atoms with Gasteiger partial charge in [0.25, 0.3) is 5.91 Å². The van der Waals surface area contributed by atoms with Crippen LogP contribution >= 0.6 is 11.6 Å². The fourth-order valence-corrected chi connectivity index (χ4v) is 5.41. The Bertz CT molecular complexity index is 966. The normalized spacial score (nSPS) is 16.9. The second-order valence-corrected chi connectivity index (χ2v) is 9.65. The van der Waals surface area contributed by atoms with E-state index in [9.17, 15) is 13.2 Å². The summed E-state index contributed by atoms with van der Waals surface area (Å²) in [4.78, 5) is 12.8. The van der Waals surface area contributed by atoms with Crippen molar-refractivity contribution in [3.05, 3.63) is 41.0 Å². The standard InChI is InChI=1S/C20H27ClN4O3S/c1-3-15(2)25-19(10-11-22-25)23-20(26)16-8-9-17(21)18(14-16)29(27,28)24-12-6-4-5-7-13-24/h8-11,14-15H,3-7,12-13H2,1-2H3,(H,23,26)/t15-/m0/s1. The molecule has 0 bridgehead atoms. The first kappa shape index (κ1) is 21.8. The summed E-state index contributed by atoms with van der Waals surface area (Å²) < 4.78 is 29.5. The van der Waals surface area contributed by atoms with Gasteiger partial charge in [-0.15, -0.1) is 0 Å². The average Bonchev–Trinajstić information content (AvgIpc) is 2.98. The van der Waals surface area contributed by atoms with E-state index in [1.54, 1.807) is 16.9 Å². The van der Waals surface area contributed by atoms with Crippen LogP contribution in [0.4, 0.5) is 5.82 Å². The number of halogens is 1. The number of carbonyl (C=O) groups excluding carboxylic acids is 1. The molecular formula is C20H27ClN4O3S. The second kappa shape index (κ2) is 9.28. The van der Waals surface area contributed by atoms with Gasteiger partial charge in [0.1, 0.15) is 10.7 Å². The molecule has 1 amide bonds. The zero-order chi connectivity index (χ0) is 21.0. The molecule has 1 N–H and O–H groups in total. The van der Waals surface area contributed by atoms with Gasteiger partial charge in [0, 0.05) is 24.7 Å². The van der Waals surface area contributed by atoms with E-state index < -0.39 is 15.9 Å². The molecule has 0 radical (unpaired) electrons. The number of nitrogens with zero attached hydrogens (tertiary/aromatic N) is 3. The molecular weight excluding hydrogens is 412 g/mol. The van der Waals surface area contributed by atoms with Crippen LogP contribution in [0.1, 0.15) is 62.4 Å². The molecule has 9 heteroatoms. The second-order valence-electron chi connectivity index (χ2n) is 7.34. The number of sulfonamides is 1. The highest BCUT2D eigenvalue weighted by Crippen LogP contribution is 2.28. The van der Waals surface area contributed by atoms with Crippen molar-refractivity contribution in [1.29, 1.82) is 0 Å². The molecule has 1 aliphatic rings. The Labute approximate surface area is 177 Å². The van der Waals surface area contributed by atoms with E-state index >= 15 is 0 Å². The zero-order valence-electron chi connectivity index (χ0n) is 16.8. The Kier molecular flexibility index (Phi) is 6.97. The van der Waals surface area contributed by atoms with Gasteiger partial charge in [-0.1, -0.05) is 31.4 Å². The number of rotatable bonds is 6. The topological polar surface area (TPSA) is 84.3 Å². The Morgan fingerprint density at radius 1 is 1.21 bits per heavy atom. The van der Waals surface area contributed by atoms with E-state index in [0.29, 0.717) is 18.9 Å². The summed E-state index contributed by atoms with van der Waals surface area (Å²) in [6, 6.07) is 6.21. The highest BCUT2D eigenvalue weighted by atomic mass is 35.5. The van der Waals surface area contributed by atoms with Crippen molar-refractivity contribution in [2.45, 2.75) is 56.9 Å². The van der Waals surface area contributed by atoms with Crippen LogP contribution in [0.5, 0.6) is 0 Å². The summed E-state index contributed by atoms with van der Waals surface area (Å²) in [7, 11) is -3.76. The van der Waals surface area contributed by atoms with Crippen molar-refractivity contribution in [3.8, 4) is 0 Å². The molecule has 1 aromatic carbocycles. The quantitative estimate of drug-likeness (QED) is 0.727. The van der Waals surface area contributed by atoms with Crippen LogP contribution in [-0.4, -0.2) is 41.5 Å². The number of nitrogens with one attached hydrogen (secondary N) is 1. The molecule has 0 unspecified atom stereocenters. The summed E-state index contributed by atoms with van der Waals surface area (Å²) in [6.07, 6.45) is 6.19. The SMILES string of the molecule is CC[C@H](C)n1nccc1NC(=O)c1ccc(Cl)c(S(=O)(=O)N2CCCCCC2)c1. The molecule has 1 aromatic heterocycles. The number of anilines is 1. The van der Waals surface area contributed by atoms with Crippen molar-refractivity contribution < 1.29 is 13.2 Å². The summed E-state index contributed by atoms with van der Waals surface area (Å²) >= 11 is 6.22. The van der Waals surface area contributed by atoms with E-state index in [2.05, 4.69) is 10.4 Å². The van der Waals surface area contributed by atoms with Gasteiger partial charge in [0.05, 0.1) is 17.3 Å². The average molecular weight is 439 g/mol. The van der Waals surface area contributed by atoms with Crippen LogP contribution in [0.2, 0.25) is 5.02 Å². The van der Waals surface area contributed by atoms with Crippen molar-refractivity contribution in [2.75, 3.05) is 18.4 Å². The first-order chi connectivity index (χ1) is 13.8. The predicted octanol–water partition coefficient (Wildman–Crippen LogP) is 4.32. The lowest BCUT2D eigenvalue weighted by atomic mass is 10.2. The molecule has 1 saturated heterocycles. The largest absolute Gasteiger partial charge is 0.307 e. The lowest BCUT2D eigenvalue weighted by Gasteiger charge is -2.21. The van der Waals surface area contributed by atoms with Crippen LogP contribution in [0.15, 0.2) is 35.4 Å². The minimum atomic E-state index is -3.76. The molecule has 0 saturated carbocycles. The molecule has 1 fully saturated rings. The maximum absolute atomic E-state index is 13.1. The number of amides is 1. The number of hydrogen-bond donors (Lipinski definition) is 1. The van der Waals surface area contributed by atoms with Gasteiger partial charge in [-0.2, -0.15) is 9.40 Å². The molecule has 0 spiro atoms. The molecule has 3 rings (SSSR count). The third kappa shape index (κ3) is 4.82. The maximum Gasteiger partial charge on any atom is 0.256 e. The molecule has 158 valence electrons. The summed E-state index contributed by atoms with van der Waals surface area (Å²) in [5.74, 6) is 0.162. The predicted molar refractivity (Wildman–Crippen MR) is 114 cm³/mol. The minimum absolute atomic E-state index is 0.0239. The van der Waals surface area contributed by atoms with Gasteiger partial charge in [0.2, 0.25) is 10.0 Å². The fraction of sp³-hybridized carbons (Fsp3) is 0.500. The van der Waals surface area contributed by atoms with Crippen LogP contribution in [-0.2, 0) is 10.0 Å². The maximum atomic E-state index is 13.1. The molecule has 2 heterocycles. The van der Waals surface area contributed by atoms with Crippen molar-refractivity contribution in [1.82, 2.24) is 14.1 Å².